The predicted molar refractivity (Wildman–Crippen MR) is 109 cm³/mol. The van der Waals surface area contributed by atoms with E-state index in [-0.39, 0.29) is 5.91 Å². The van der Waals surface area contributed by atoms with Gasteiger partial charge in [-0.3, -0.25) is 14.8 Å². The number of benzene rings is 1. The summed E-state index contributed by atoms with van der Waals surface area (Å²) < 4.78 is 45.4. The summed E-state index contributed by atoms with van der Waals surface area (Å²) in [6, 6.07) is 5.04. The van der Waals surface area contributed by atoms with Gasteiger partial charge in [0.05, 0.1) is 30.1 Å². The van der Waals surface area contributed by atoms with E-state index in [0.29, 0.717) is 49.0 Å². The third-order valence-electron chi connectivity index (χ3n) is 6.10. The fourth-order valence-electron chi connectivity index (χ4n) is 4.46. The van der Waals surface area contributed by atoms with Gasteiger partial charge in [-0.1, -0.05) is 31.4 Å². The Hall–Kier alpha value is -2.48. The average molecular weight is 433 g/mol. The van der Waals surface area contributed by atoms with Crippen LogP contribution in [0.2, 0.25) is 0 Å². The number of carbonyl (C=O) groups is 1. The van der Waals surface area contributed by atoms with Crippen molar-refractivity contribution in [1.29, 1.82) is 0 Å². The van der Waals surface area contributed by atoms with E-state index >= 15 is 0 Å². The van der Waals surface area contributed by atoms with Crippen LogP contribution in [0.3, 0.4) is 0 Å². The molecule has 1 unspecified atom stereocenters. The fourth-order valence-corrected chi connectivity index (χ4v) is 4.46. The fraction of sp³-hybridized carbons (Fsp3) is 0.522. The second-order valence-electron chi connectivity index (χ2n) is 8.28. The first-order valence-electron chi connectivity index (χ1n) is 10.8. The number of hydrogen-bond acceptors (Lipinski definition) is 4. The molecule has 0 bridgehead atoms. The zero-order chi connectivity index (χ0) is 21.8. The summed E-state index contributed by atoms with van der Waals surface area (Å²) in [6.45, 7) is 1.21. The van der Waals surface area contributed by atoms with Crippen molar-refractivity contribution in [2.24, 2.45) is 5.92 Å². The number of alkyl halides is 3. The van der Waals surface area contributed by atoms with Crippen molar-refractivity contribution >= 4 is 5.91 Å². The summed E-state index contributed by atoms with van der Waals surface area (Å²) in [4.78, 5) is 23.3. The number of rotatable bonds is 4. The van der Waals surface area contributed by atoms with Crippen molar-refractivity contribution in [3.63, 3.8) is 0 Å². The largest absolute Gasteiger partial charge is 0.416 e. The number of nitrogens with zero attached hydrogens (tertiary/aromatic N) is 3. The summed E-state index contributed by atoms with van der Waals surface area (Å²) in [5.74, 6) is 0.560. The third-order valence-corrected chi connectivity index (χ3v) is 6.10. The molecule has 1 aliphatic heterocycles. The van der Waals surface area contributed by atoms with Gasteiger partial charge in [-0.15, -0.1) is 0 Å². The zero-order valence-electron chi connectivity index (χ0n) is 17.3. The maximum Gasteiger partial charge on any atom is 0.416 e. The van der Waals surface area contributed by atoms with Gasteiger partial charge in [0.1, 0.15) is 6.10 Å². The van der Waals surface area contributed by atoms with E-state index in [1.54, 1.807) is 11.0 Å². The van der Waals surface area contributed by atoms with Crippen LogP contribution in [-0.4, -0.2) is 40.5 Å². The molecule has 1 atom stereocenters. The molecule has 0 spiro atoms. The maximum absolute atomic E-state index is 13.2. The van der Waals surface area contributed by atoms with Gasteiger partial charge in [-0.2, -0.15) is 13.2 Å². The molecule has 2 fully saturated rings. The van der Waals surface area contributed by atoms with Crippen LogP contribution in [-0.2, 0) is 15.7 Å². The van der Waals surface area contributed by atoms with Crippen LogP contribution in [0.15, 0.2) is 36.7 Å². The molecule has 2 heterocycles. The van der Waals surface area contributed by atoms with E-state index in [0.717, 1.165) is 25.0 Å². The van der Waals surface area contributed by atoms with Crippen LogP contribution >= 0.6 is 0 Å². The van der Waals surface area contributed by atoms with Gasteiger partial charge < -0.3 is 9.64 Å². The molecular formula is C23H26F3N3O2. The average Bonchev–Trinajstić information content (AvgIpc) is 2.79. The Labute approximate surface area is 179 Å². The summed E-state index contributed by atoms with van der Waals surface area (Å²) >= 11 is 0. The molecule has 2 aromatic rings. The molecule has 31 heavy (non-hydrogen) atoms. The highest BCUT2D eigenvalue weighted by Gasteiger charge is 2.32. The van der Waals surface area contributed by atoms with Gasteiger partial charge in [-0.05, 0) is 30.9 Å². The normalized spacial score (nSPS) is 20.6. The van der Waals surface area contributed by atoms with Gasteiger partial charge in [0.15, 0.2) is 0 Å². The first kappa shape index (κ1) is 21.7. The standard InChI is InChI=1S/C23H26F3N3O2/c24-23(25,26)18-8-4-7-17(14-18)21-22(28-10-9-27-21)19-15-29(11-12-31-19)20(30)13-16-5-2-1-3-6-16/h4,7-10,14,16,19H,1-3,5-6,11-13,15H2. The van der Waals surface area contributed by atoms with E-state index in [9.17, 15) is 18.0 Å². The minimum Gasteiger partial charge on any atom is -0.368 e. The van der Waals surface area contributed by atoms with Gasteiger partial charge >= 0.3 is 6.18 Å². The van der Waals surface area contributed by atoms with E-state index in [2.05, 4.69) is 9.97 Å². The SMILES string of the molecule is O=C(CC1CCCCC1)N1CCOC(c2nccnc2-c2cccc(C(F)(F)F)c2)C1. The second-order valence-corrected chi connectivity index (χ2v) is 8.28. The molecule has 4 rings (SSSR count). The van der Waals surface area contributed by atoms with Gasteiger partial charge in [0.2, 0.25) is 5.91 Å². The lowest BCUT2D eigenvalue weighted by Gasteiger charge is -2.34. The Bertz CT molecular complexity index is 913. The Kier molecular flexibility index (Phi) is 6.55. The molecule has 5 nitrogen and oxygen atoms in total. The lowest BCUT2D eigenvalue weighted by Crippen LogP contribution is -2.43. The van der Waals surface area contributed by atoms with Crippen molar-refractivity contribution in [3.05, 3.63) is 47.9 Å². The van der Waals surface area contributed by atoms with Crippen LogP contribution < -0.4 is 0 Å². The van der Waals surface area contributed by atoms with Crippen LogP contribution in [0, 0.1) is 5.92 Å². The van der Waals surface area contributed by atoms with Gasteiger partial charge in [0, 0.05) is 30.9 Å². The van der Waals surface area contributed by atoms with E-state index in [4.69, 9.17) is 4.74 Å². The van der Waals surface area contributed by atoms with E-state index in [1.807, 2.05) is 0 Å². The third kappa shape index (κ3) is 5.23. The molecule has 1 aromatic carbocycles. The Morgan fingerprint density at radius 3 is 2.68 bits per heavy atom. The van der Waals surface area contributed by atoms with E-state index in [1.165, 1.54) is 37.7 Å². The number of morpholine rings is 1. The number of halogens is 3. The summed E-state index contributed by atoms with van der Waals surface area (Å²) in [7, 11) is 0. The van der Waals surface area contributed by atoms with Crippen molar-refractivity contribution < 1.29 is 22.7 Å². The molecule has 1 aromatic heterocycles. The molecule has 1 aliphatic carbocycles. The van der Waals surface area contributed by atoms with Crippen molar-refractivity contribution in [1.82, 2.24) is 14.9 Å². The molecule has 1 amide bonds. The lowest BCUT2D eigenvalue weighted by atomic mass is 9.86. The first-order chi connectivity index (χ1) is 14.9. The lowest BCUT2D eigenvalue weighted by molar-refractivity contribution is -0.140. The number of carbonyl (C=O) groups excluding carboxylic acids is 1. The highest BCUT2D eigenvalue weighted by molar-refractivity contribution is 5.76. The van der Waals surface area contributed by atoms with Crippen molar-refractivity contribution in [2.75, 3.05) is 19.7 Å². The quantitative estimate of drug-likeness (QED) is 0.679. The smallest absolute Gasteiger partial charge is 0.368 e. The highest BCUT2D eigenvalue weighted by atomic mass is 19.4. The molecule has 8 heteroatoms. The number of aromatic nitrogens is 2. The molecule has 166 valence electrons. The minimum atomic E-state index is -4.44. The number of hydrogen-bond donors (Lipinski definition) is 0. The van der Waals surface area contributed by atoms with Crippen LogP contribution in [0.1, 0.15) is 55.9 Å². The van der Waals surface area contributed by atoms with E-state index < -0.39 is 17.8 Å². The van der Waals surface area contributed by atoms with Crippen LogP contribution in [0.25, 0.3) is 11.3 Å². The summed E-state index contributed by atoms with van der Waals surface area (Å²) in [5, 5.41) is 0. The molecule has 1 saturated heterocycles. The molecule has 0 radical (unpaired) electrons. The second kappa shape index (κ2) is 9.34. The number of amides is 1. The van der Waals surface area contributed by atoms with Crippen LogP contribution in [0.4, 0.5) is 13.2 Å². The number of ether oxygens (including phenoxy) is 1. The maximum atomic E-state index is 13.2. The Morgan fingerprint density at radius 1 is 1.13 bits per heavy atom. The molecule has 1 saturated carbocycles. The Balaban J connectivity index is 1.53. The van der Waals surface area contributed by atoms with Gasteiger partial charge in [-0.25, -0.2) is 0 Å². The zero-order valence-corrected chi connectivity index (χ0v) is 17.3. The monoisotopic (exact) mass is 433 g/mol. The minimum absolute atomic E-state index is 0.115. The van der Waals surface area contributed by atoms with Crippen molar-refractivity contribution in [3.8, 4) is 11.3 Å². The van der Waals surface area contributed by atoms with Crippen LogP contribution in [0.5, 0.6) is 0 Å². The first-order valence-corrected chi connectivity index (χ1v) is 10.8. The molecule has 0 N–H and O–H groups in total. The topological polar surface area (TPSA) is 55.3 Å². The highest BCUT2D eigenvalue weighted by Crippen LogP contribution is 2.34. The molecular weight excluding hydrogens is 407 g/mol. The predicted octanol–water partition coefficient (Wildman–Crippen LogP) is 5.03. The summed E-state index contributed by atoms with van der Waals surface area (Å²) in [6.07, 6.45) is 4.35. The summed E-state index contributed by atoms with van der Waals surface area (Å²) in [5.41, 5.74) is 0.389. The molecule has 2 aliphatic rings. The van der Waals surface area contributed by atoms with Gasteiger partial charge in [0.25, 0.3) is 0 Å². The van der Waals surface area contributed by atoms with Crippen molar-refractivity contribution in [2.45, 2.75) is 50.8 Å². The Morgan fingerprint density at radius 2 is 1.90 bits per heavy atom.